The molecule has 0 saturated carbocycles. The number of hydrogen-bond donors (Lipinski definition) is 1. The zero-order valence-corrected chi connectivity index (χ0v) is 11.6. The van der Waals surface area contributed by atoms with Crippen molar-refractivity contribution in [3.8, 4) is 5.75 Å². The summed E-state index contributed by atoms with van der Waals surface area (Å²) in [6.07, 6.45) is 3.78. The van der Waals surface area contributed by atoms with E-state index < -0.39 is 0 Å². The largest absolute Gasteiger partial charge is 0.491 e. The molecule has 1 aliphatic rings. The van der Waals surface area contributed by atoms with Crippen molar-refractivity contribution in [1.29, 1.82) is 0 Å². The molecule has 1 N–H and O–H groups in total. The van der Waals surface area contributed by atoms with Gasteiger partial charge in [0.05, 0.1) is 24.7 Å². The van der Waals surface area contributed by atoms with E-state index in [1.165, 1.54) is 5.56 Å². The molecule has 1 aliphatic heterocycles. The Bertz CT molecular complexity index is 568. The smallest absolute Gasteiger partial charge is 0.124 e. The van der Waals surface area contributed by atoms with Gasteiger partial charge in [0, 0.05) is 32.0 Å². The first-order valence-corrected chi connectivity index (χ1v) is 6.82. The van der Waals surface area contributed by atoms with Crippen LogP contribution in [0.4, 0.5) is 0 Å². The van der Waals surface area contributed by atoms with Crippen molar-refractivity contribution in [2.75, 3.05) is 26.9 Å². The van der Waals surface area contributed by atoms with Crippen LogP contribution in [-0.4, -0.2) is 36.4 Å². The fourth-order valence-electron chi connectivity index (χ4n) is 2.52. The van der Waals surface area contributed by atoms with E-state index >= 15 is 0 Å². The summed E-state index contributed by atoms with van der Waals surface area (Å²) in [5, 5.41) is 3.35. The second-order valence-electron chi connectivity index (χ2n) is 4.83. The molecule has 20 heavy (non-hydrogen) atoms. The van der Waals surface area contributed by atoms with Gasteiger partial charge in [-0.1, -0.05) is 18.2 Å². The molecule has 106 valence electrons. The quantitative estimate of drug-likeness (QED) is 0.812. The first-order valence-electron chi connectivity index (χ1n) is 6.82. The Morgan fingerprint density at radius 2 is 2.35 bits per heavy atom. The third kappa shape index (κ3) is 2.55. The van der Waals surface area contributed by atoms with Crippen LogP contribution in [0.2, 0.25) is 0 Å². The fraction of sp³-hybridized carbons (Fsp3) is 0.400. The molecule has 2 heterocycles. The predicted octanol–water partition coefficient (Wildman–Crippen LogP) is 1.60. The lowest BCUT2D eigenvalue weighted by Crippen LogP contribution is -2.22. The Kier molecular flexibility index (Phi) is 3.99. The van der Waals surface area contributed by atoms with Crippen molar-refractivity contribution < 1.29 is 9.47 Å². The molecule has 3 rings (SSSR count). The Morgan fingerprint density at radius 3 is 3.25 bits per heavy atom. The van der Waals surface area contributed by atoms with Gasteiger partial charge < -0.3 is 19.4 Å². The number of hydrogen-bond acceptors (Lipinski definition) is 4. The Labute approximate surface area is 118 Å². The number of rotatable bonds is 6. The monoisotopic (exact) mass is 273 g/mol. The van der Waals surface area contributed by atoms with Gasteiger partial charge in [-0.05, 0) is 6.07 Å². The highest BCUT2D eigenvalue weighted by Crippen LogP contribution is 2.34. The summed E-state index contributed by atoms with van der Waals surface area (Å²) in [5.41, 5.74) is 2.38. The number of imidazole rings is 1. The van der Waals surface area contributed by atoms with Crippen LogP contribution in [0.1, 0.15) is 17.3 Å². The number of ether oxygens (including phenoxy) is 2. The molecule has 0 radical (unpaired) electrons. The molecular weight excluding hydrogens is 254 g/mol. The Morgan fingerprint density at radius 1 is 1.45 bits per heavy atom. The zero-order valence-electron chi connectivity index (χ0n) is 11.6. The second-order valence-corrected chi connectivity index (χ2v) is 4.83. The van der Waals surface area contributed by atoms with Gasteiger partial charge in [-0.2, -0.15) is 0 Å². The topological polar surface area (TPSA) is 48.3 Å². The Hall–Kier alpha value is -1.85. The van der Waals surface area contributed by atoms with Crippen molar-refractivity contribution >= 4 is 0 Å². The van der Waals surface area contributed by atoms with Gasteiger partial charge in [0.2, 0.25) is 0 Å². The third-order valence-electron chi connectivity index (χ3n) is 3.55. The molecule has 1 aromatic carbocycles. The van der Waals surface area contributed by atoms with Gasteiger partial charge in [-0.3, -0.25) is 0 Å². The lowest BCUT2D eigenvalue weighted by Gasteiger charge is -2.15. The average Bonchev–Trinajstić information content (AvgIpc) is 3.09. The number of fused-ring (bicyclic) bond motifs is 1. The fourth-order valence-corrected chi connectivity index (χ4v) is 2.52. The number of para-hydroxylation sites is 1. The molecule has 5 nitrogen and oxygen atoms in total. The molecule has 1 atom stereocenters. The van der Waals surface area contributed by atoms with Crippen LogP contribution in [0.15, 0.2) is 36.8 Å². The molecule has 0 spiro atoms. The number of nitrogens with one attached hydrogen (secondary N) is 1. The number of aromatic nitrogens is 2. The minimum atomic E-state index is 0.216. The lowest BCUT2D eigenvalue weighted by atomic mass is 10.1. The molecule has 0 saturated heterocycles. The SMILES string of the molecule is COCCNCc1cncn1C1COc2ccccc21. The zero-order chi connectivity index (χ0) is 13.8. The molecule has 0 aliphatic carbocycles. The van der Waals surface area contributed by atoms with Crippen LogP contribution < -0.4 is 10.1 Å². The van der Waals surface area contributed by atoms with Crippen molar-refractivity contribution in [3.05, 3.63) is 48.0 Å². The number of benzene rings is 1. The third-order valence-corrected chi connectivity index (χ3v) is 3.55. The number of nitrogens with zero attached hydrogens (tertiary/aromatic N) is 2. The molecule has 1 aromatic heterocycles. The standard InChI is InChI=1S/C15H19N3O2/c1-19-7-6-16-8-12-9-17-11-18(12)14-10-20-15-5-3-2-4-13(14)15/h2-5,9,11,14,16H,6-8,10H2,1H3. The molecular formula is C15H19N3O2. The maximum Gasteiger partial charge on any atom is 0.124 e. The van der Waals surface area contributed by atoms with Crippen LogP contribution in [-0.2, 0) is 11.3 Å². The van der Waals surface area contributed by atoms with E-state index in [2.05, 4.69) is 20.9 Å². The second kappa shape index (κ2) is 6.07. The van der Waals surface area contributed by atoms with Gasteiger partial charge in [0.25, 0.3) is 0 Å². The summed E-state index contributed by atoms with van der Waals surface area (Å²) in [7, 11) is 1.71. The van der Waals surface area contributed by atoms with E-state index in [0.717, 1.165) is 24.5 Å². The Balaban J connectivity index is 1.74. The van der Waals surface area contributed by atoms with Gasteiger partial charge >= 0.3 is 0 Å². The minimum Gasteiger partial charge on any atom is -0.491 e. The first kappa shape index (κ1) is 13.1. The van der Waals surface area contributed by atoms with Gasteiger partial charge in [0.1, 0.15) is 12.4 Å². The van der Waals surface area contributed by atoms with Gasteiger partial charge in [0.15, 0.2) is 0 Å². The van der Waals surface area contributed by atoms with Crippen LogP contribution in [0.25, 0.3) is 0 Å². The highest BCUT2D eigenvalue weighted by Gasteiger charge is 2.26. The minimum absolute atomic E-state index is 0.216. The summed E-state index contributed by atoms with van der Waals surface area (Å²) >= 11 is 0. The van der Waals surface area contributed by atoms with E-state index in [4.69, 9.17) is 9.47 Å². The normalized spacial score (nSPS) is 16.9. The highest BCUT2D eigenvalue weighted by molar-refractivity contribution is 5.40. The van der Waals surface area contributed by atoms with Crippen LogP contribution in [0.3, 0.4) is 0 Å². The summed E-state index contributed by atoms with van der Waals surface area (Å²) in [6.45, 7) is 2.99. The van der Waals surface area contributed by atoms with Crippen molar-refractivity contribution in [2.45, 2.75) is 12.6 Å². The molecule has 0 amide bonds. The van der Waals surface area contributed by atoms with Crippen molar-refractivity contribution in [1.82, 2.24) is 14.9 Å². The summed E-state index contributed by atoms with van der Waals surface area (Å²) in [4.78, 5) is 4.27. The van der Waals surface area contributed by atoms with Crippen molar-refractivity contribution in [2.24, 2.45) is 0 Å². The lowest BCUT2D eigenvalue weighted by molar-refractivity contribution is 0.199. The predicted molar refractivity (Wildman–Crippen MR) is 75.9 cm³/mol. The number of methoxy groups -OCH3 is 1. The van der Waals surface area contributed by atoms with Crippen molar-refractivity contribution in [3.63, 3.8) is 0 Å². The van der Waals surface area contributed by atoms with Crippen LogP contribution in [0, 0.1) is 0 Å². The van der Waals surface area contributed by atoms with E-state index in [-0.39, 0.29) is 6.04 Å². The first-order chi connectivity index (χ1) is 9.90. The molecule has 1 unspecified atom stereocenters. The van der Waals surface area contributed by atoms with Crippen LogP contribution in [0.5, 0.6) is 5.75 Å². The van der Waals surface area contributed by atoms with E-state index in [9.17, 15) is 0 Å². The van der Waals surface area contributed by atoms with E-state index in [1.54, 1.807) is 7.11 Å². The maximum atomic E-state index is 5.74. The molecule has 0 bridgehead atoms. The molecule has 5 heteroatoms. The summed E-state index contributed by atoms with van der Waals surface area (Å²) in [5.74, 6) is 0.976. The highest BCUT2D eigenvalue weighted by atomic mass is 16.5. The summed E-state index contributed by atoms with van der Waals surface area (Å²) < 4.78 is 13.0. The van der Waals surface area contributed by atoms with E-state index in [1.807, 2.05) is 30.7 Å². The molecule has 0 fully saturated rings. The van der Waals surface area contributed by atoms with Gasteiger partial charge in [-0.15, -0.1) is 0 Å². The van der Waals surface area contributed by atoms with Crippen LogP contribution >= 0.6 is 0 Å². The maximum absolute atomic E-state index is 5.74. The van der Waals surface area contributed by atoms with E-state index in [0.29, 0.717) is 13.2 Å². The van der Waals surface area contributed by atoms with Gasteiger partial charge in [-0.25, -0.2) is 4.98 Å². The summed E-state index contributed by atoms with van der Waals surface area (Å²) in [6, 6.07) is 8.40. The molecule has 2 aromatic rings. The average molecular weight is 273 g/mol.